The summed E-state index contributed by atoms with van der Waals surface area (Å²) in [6.45, 7) is 1.56. The summed E-state index contributed by atoms with van der Waals surface area (Å²) in [6.07, 6.45) is 3.65. The Bertz CT molecular complexity index is 380. The van der Waals surface area contributed by atoms with E-state index in [1.165, 1.54) is 6.26 Å². The van der Waals surface area contributed by atoms with Gasteiger partial charge in [-0.25, -0.2) is 0 Å². The van der Waals surface area contributed by atoms with Gasteiger partial charge in [0.1, 0.15) is 0 Å². The molecular formula is C11H13BrClNO2. The number of rotatable bonds is 2. The number of amides is 1. The van der Waals surface area contributed by atoms with Gasteiger partial charge in [0, 0.05) is 19.0 Å². The Morgan fingerprint density at radius 2 is 2.50 bits per heavy atom. The fourth-order valence-corrected chi connectivity index (χ4v) is 2.65. The summed E-state index contributed by atoms with van der Waals surface area (Å²) in [5, 5.41) is 0. The van der Waals surface area contributed by atoms with Crippen molar-refractivity contribution < 1.29 is 9.21 Å². The molecule has 0 aliphatic carbocycles. The molecule has 0 aromatic carbocycles. The predicted octanol–water partition coefficient (Wildman–Crippen LogP) is 3.13. The summed E-state index contributed by atoms with van der Waals surface area (Å²) in [5.41, 5.74) is 0.593. The van der Waals surface area contributed by atoms with Gasteiger partial charge in [0.05, 0.1) is 11.8 Å². The van der Waals surface area contributed by atoms with Gasteiger partial charge >= 0.3 is 0 Å². The van der Waals surface area contributed by atoms with Crippen LogP contribution in [0.15, 0.2) is 21.4 Å². The van der Waals surface area contributed by atoms with Crippen molar-refractivity contribution in [1.82, 2.24) is 4.90 Å². The SMILES string of the molecule is O=C(c1ccoc1Br)N1CCCC(CCl)C1. The molecule has 1 aromatic heterocycles. The lowest BCUT2D eigenvalue weighted by atomic mass is 9.99. The molecule has 1 atom stereocenters. The number of carbonyl (C=O) groups excluding carboxylic acids is 1. The van der Waals surface area contributed by atoms with Crippen LogP contribution in [0.3, 0.4) is 0 Å². The second-order valence-electron chi connectivity index (χ2n) is 4.02. The van der Waals surface area contributed by atoms with Gasteiger partial charge in [-0.2, -0.15) is 0 Å². The number of piperidine rings is 1. The van der Waals surface area contributed by atoms with E-state index in [9.17, 15) is 4.79 Å². The highest BCUT2D eigenvalue weighted by Crippen LogP contribution is 2.23. The number of carbonyl (C=O) groups is 1. The Hall–Kier alpha value is -0.480. The van der Waals surface area contributed by atoms with E-state index in [0.29, 0.717) is 22.0 Å². The summed E-state index contributed by atoms with van der Waals surface area (Å²) >= 11 is 9.07. The minimum atomic E-state index is 0.0236. The standard InChI is InChI=1S/C11H13BrClNO2/c12-10-9(3-5-16-10)11(15)14-4-1-2-8(6-13)7-14/h3,5,8H,1-2,4,6-7H2. The molecule has 1 fully saturated rings. The number of alkyl halides is 1. The van der Waals surface area contributed by atoms with Crippen LogP contribution in [0.2, 0.25) is 0 Å². The van der Waals surface area contributed by atoms with Gasteiger partial charge in [-0.05, 0) is 40.8 Å². The normalized spacial score (nSPS) is 21.1. The zero-order chi connectivity index (χ0) is 11.5. The molecule has 0 radical (unpaired) electrons. The highest BCUT2D eigenvalue weighted by atomic mass is 79.9. The number of hydrogen-bond acceptors (Lipinski definition) is 2. The number of halogens is 2. The minimum Gasteiger partial charge on any atom is -0.457 e. The molecule has 16 heavy (non-hydrogen) atoms. The third-order valence-corrected chi connectivity index (χ3v) is 3.92. The number of hydrogen-bond donors (Lipinski definition) is 0. The van der Waals surface area contributed by atoms with E-state index < -0.39 is 0 Å². The van der Waals surface area contributed by atoms with E-state index in [-0.39, 0.29) is 5.91 Å². The molecular weight excluding hydrogens is 293 g/mol. The third kappa shape index (κ3) is 2.43. The van der Waals surface area contributed by atoms with Crippen LogP contribution in [0, 0.1) is 5.92 Å². The van der Waals surface area contributed by atoms with Gasteiger partial charge < -0.3 is 9.32 Å². The highest BCUT2D eigenvalue weighted by Gasteiger charge is 2.25. The fourth-order valence-electron chi connectivity index (χ4n) is 1.99. The Morgan fingerprint density at radius 3 is 3.12 bits per heavy atom. The van der Waals surface area contributed by atoms with Gasteiger partial charge in [0.15, 0.2) is 4.67 Å². The zero-order valence-electron chi connectivity index (χ0n) is 8.79. The maximum atomic E-state index is 12.1. The molecule has 1 unspecified atom stereocenters. The van der Waals surface area contributed by atoms with E-state index in [4.69, 9.17) is 16.0 Å². The van der Waals surface area contributed by atoms with Crippen LogP contribution < -0.4 is 0 Å². The monoisotopic (exact) mass is 305 g/mol. The molecule has 0 N–H and O–H groups in total. The Labute approximate surface area is 108 Å². The van der Waals surface area contributed by atoms with Gasteiger partial charge in [-0.1, -0.05) is 0 Å². The summed E-state index contributed by atoms with van der Waals surface area (Å²) in [5.74, 6) is 1.07. The first-order valence-corrected chi connectivity index (χ1v) is 6.63. The van der Waals surface area contributed by atoms with Crippen molar-refractivity contribution >= 4 is 33.4 Å². The smallest absolute Gasteiger partial charge is 0.258 e. The molecule has 1 amide bonds. The van der Waals surface area contributed by atoms with E-state index in [0.717, 1.165) is 25.9 Å². The first-order valence-electron chi connectivity index (χ1n) is 5.30. The molecule has 2 heterocycles. The van der Waals surface area contributed by atoms with E-state index in [1.54, 1.807) is 6.07 Å². The maximum Gasteiger partial charge on any atom is 0.258 e. The van der Waals surface area contributed by atoms with Gasteiger partial charge in [-0.15, -0.1) is 11.6 Å². The summed E-state index contributed by atoms with van der Waals surface area (Å²) < 4.78 is 5.58. The molecule has 1 aliphatic heterocycles. The van der Waals surface area contributed by atoms with Crippen molar-refractivity contribution in [3.05, 3.63) is 22.6 Å². The van der Waals surface area contributed by atoms with Gasteiger partial charge in [-0.3, -0.25) is 4.79 Å². The molecule has 0 bridgehead atoms. The predicted molar refractivity (Wildman–Crippen MR) is 65.8 cm³/mol. The quantitative estimate of drug-likeness (QED) is 0.787. The minimum absolute atomic E-state index is 0.0236. The summed E-state index contributed by atoms with van der Waals surface area (Å²) in [6, 6.07) is 1.69. The first-order chi connectivity index (χ1) is 7.72. The van der Waals surface area contributed by atoms with Gasteiger partial charge in [0.25, 0.3) is 5.91 Å². The van der Waals surface area contributed by atoms with Crippen LogP contribution in [0.4, 0.5) is 0 Å². The van der Waals surface area contributed by atoms with E-state index >= 15 is 0 Å². The van der Waals surface area contributed by atoms with Crippen LogP contribution in [-0.2, 0) is 0 Å². The molecule has 3 nitrogen and oxygen atoms in total. The lowest BCUT2D eigenvalue weighted by Gasteiger charge is -2.31. The first kappa shape index (κ1) is 12.0. The molecule has 5 heteroatoms. The lowest BCUT2D eigenvalue weighted by Crippen LogP contribution is -2.40. The zero-order valence-corrected chi connectivity index (χ0v) is 11.1. The molecule has 0 saturated carbocycles. The highest BCUT2D eigenvalue weighted by molar-refractivity contribution is 9.10. The van der Waals surface area contributed by atoms with Crippen molar-refractivity contribution in [3.63, 3.8) is 0 Å². The van der Waals surface area contributed by atoms with Gasteiger partial charge in [0.2, 0.25) is 0 Å². The van der Waals surface area contributed by atoms with Crippen molar-refractivity contribution in [2.24, 2.45) is 5.92 Å². The summed E-state index contributed by atoms with van der Waals surface area (Å²) in [7, 11) is 0. The lowest BCUT2D eigenvalue weighted by molar-refractivity contribution is 0.0683. The van der Waals surface area contributed by atoms with Crippen LogP contribution in [-0.4, -0.2) is 29.8 Å². The molecule has 1 saturated heterocycles. The Kier molecular flexibility index (Phi) is 3.92. The Morgan fingerprint density at radius 1 is 1.69 bits per heavy atom. The number of nitrogens with zero attached hydrogens (tertiary/aromatic N) is 1. The topological polar surface area (TPSA) is 33.5 Å². The fraction of sp³-hybridized carbons (Fsp3) is 0.545. The van der Waals surface area contributed by atoms with Crippen LogP contribution >= 0.6 is 27.5 Å². The van der Waals surface area contributed by atoms with E-state index in [1.807, 2.05) is 4.90 Å². The second kappa shape index (κ2) is 5.23. The van der Waals surface area contributed by atoms with Crippen LogP contribution in [0.5, 0.6) is 0 Å². The summed E-state index contributed by atoms with van der Waals surface area (Å²) in [4.78, 5) is 14.0. The molecule has 1 aliphatic rings. The largest absolute Gasteiger partial charge is 0.457 e. The third-order valence-electron chi connectivity index (χ3n) is 2.87. The Balaban J connectivity index is 2.07. The van der Waals surface area contributed by atoms with Crippen LogP contribution in [0.25, 0.3) is 0 Å². The average molecular weight is 307 g/mol. The molecule has 88 valence electrons. The second-order valence-corrected chi connectivity index (χ2v) is 5.05. The van der Waals surface area contributed by atoms with Crippen molar-refractivity contribution in [2.45, 2.75) is 12.8 Å². The average Bonchev–Trinajstić information content (AvgIpc) is 2.74. The van der Waals surface area contributed by atoms with E-state index in [2.05, 4.69) is 15.9 Å². The van der Waals surface area contributed by atoms with Crippen molar-refractivity contribution in [2.75, 3.05) is 19.0 Å². The maximum absolute atomic E-state index is 12.1. The molecule has 2 rings (SSSR count). The molecule has 1 aromatic rings. The molecule has 0 spiro atoms. The van der Waals surface area contributed by atoms with Crippen LogP contribution in [0.1, 0.15) is 23.2 Å². The van der Waals surface area contributed by atoms with Crippen molar-refractivity contribution in [3.8, 4) is 0 Å². The number of likely N-dealkylation sites (tertiary alicyclic amines) is 1. The number of furan rings is 1. The van der Waals surface area contributed by atoms with Crippen molar-refractivity contribution in [1.29, 1.82) is 0 Å².